The zero-order valence-corrected chi connectivity index (χ0v) is 16.3. The van der Waals surface area contributed by atoms with Crippen molar-refractivity contribution in [3.63, 3.8) is 0 Å². The van der Waals surface area contributed by atoms with Gasteiger partial charge in [0.1, 0.15) is 0 Å². The number of aryl methyl sites for hydroxylation is 1. The number of carbonyl (C=O) groups is 1. The van der Waals surface area contributed by atoms with Crippen LogP contribution in [0.5, 0.6) is 0 Å². The number of hydrogen-bond acceptors (Lipinski definition) is 3. The molecule has 0 aliphatic rings. The van der Waals surface area contributed by atoms with Crippen molar-refractivity contribution in [1.29, 1.82) is 0 Å². The fraction of sp³-hybridized carbons (Fsp3) is 0.350. The summed E-state index contributed by atoms with van der Waals surface area (Å²) >= 11 is 0. The zero-order chi connectivity index (χ0) is 19.2. The molecule has 1 N–H and O–H groups in total. The highest BCUT2D eigenvalue weighted by Gasteiger charge is 2.17. The van der Waals surface area contributed by atoms with Gasteiger partial charge in [-0.05, 0) is 55.7 Å². The molecule has 6 heteroatoms. The predicted molar refractivity (Wildman–Crippen MR) is 104 cm³/mol. The second kappa shape index (κ2) is 8.96. The summed E-state index contributed by atoms with van der Waals surface area (Å²) < 4.78 is 27.7. The molecule has 2 aromatic rings. The van der Waals surface area contributed by atoms with Gasteiger partial charge in [-0.2, -0.15) is 0 Å². The molecule has 0 fully saturated rings. The quantitative estimate of drug-likeness (QED) is 0.771. The molecule has 1 amide bonds. The lowest BCUT2D eigenvalue weighted by atomic mass is 10.1. The van der Waals surface area contributed by atoms with Crippen molar-refractivity contribution in [3.05, 3.63) is 65.2 Å². The molecular weight excluding hydrogens is 348 g/mol. The van der Waals surface area contributed by atoms with Crippen LogP contribution in [0.3, 0.4) is 0 Å². The van der Waals surface area contributed by atoms with Gasteiger partial charge >= 0.3 is 0 Å². The molecule has 0 aromatic heterocycles. The molecule has 140 valence electrons. The normalized spacial score (nSPS) is 11.3. The summed E-state index contributed by atoms with van der Waals surface area (Å²) in [5, 5.41) is 0. The van der Waals surface area contributed by atoms with Gasteiger partial charge in [0.05, 0.1) is 4.90 Å². The molecule has 0 saturated heterocycles. The van der Waals surface area contributed by atoms with Crippen molar-refractivity contribution >= 4 is 15.9 Å². The van der Waals surface area contributed by atoms with Gasteiger partial charge in [-0.1, -0.05) is 31.2 Å². The van der Waals surface area contributed by atoms with E-state index < -0.39 is 10.0 Å². The van der Waals surface area contributed by atoms with Gasteiger partial charge in [0.25, 0.3) is 5.91 Å². The Morgan fingerprint density at radius 2 is 1.50 bits per heavy atom. The second-order valence-electron chi connectivity index (χ2n) is 5.95. The number of sulfonamides is 1. The van der Waals surface area contributed by atoms with Gasteiger partial charge in [-0.15, -0.1) is 0 Å². The maximum Gasteiger partial charge on any atom is 0.253 e. The van der Waals surface area contributed by atoms with Gasteiger partial charge in [0.15, 0.2) is 0 Å². The highest BCUT2D eigenvalue weighted by molar-refractivity contribution is 7.89. The third-order valence-electron chi connectivity index (χ3n) is 4.41. The molecule has 0 aliphatic carbocycles. The standard InChI is InChI=1S/C20H26N2O3S/c1-4-16-9-7-8-10-18(16)15-21-26(24,25)19-13-11-17(12-14-19)20(23)22(5-2)6-3/h7-14,21H,4-6,15H2,1-3H3. The highest BCUT2D eigenvalue weighted by atomic mass is 32.2. The van der Waals surface area contributed by atoms with Crippen molar-refractivity contribution in [3.8, 4) is 0 Å². The van der Waals surface area contributed by atoms with E-state index >= 15 is 0 Å². The Morgan fingerprint density at radius 1 is 0.923 bits per heavy atom. The Kier molecular flexibility index (Phi) is 6.94. The van der Waals surface area contributed by atoms with E-state index in [-0.39, 0.29) is 17.3 Å². The Labute approximate surface area is 156 Å². The molecule has 0 aliphatic heterocycles. The van der Waals surface area contributed by atoms with Crippen LogP contribution in [0.15, 0.2) is 53.4 Å². The number of nitrogens with zero attached hydrogens (tertiary/aromatic N) is 1. The third-order valence-corrected chi connectivity index (χ3v) is 5.83. The minimum Gasteiger partial charge on any atom is -0.339 e. The first-order valence-corrected chi connectivity index (χ1v) is 10.4. The number of amides is 1. The number of hydrogen-bond donors (Lipinski definition) is 1. The maximum absolute atomic E-state index is 12.5. The van der Waals surface area contributed by atoms with Crippen LogP contribution in [0.1, 0.15) is 42.3 Å². The topological polar surface area (TPSA) is 66.5 Å². The molecule has 2 rings (SSSR count). The summed E-state index contributed by atoms with van der Waals surface area (Å²) in [6, 6.07) is 13.9. The largest absolute Gasteiger partial charge is 0.339 e. The van der Waals surface area contributed by atoms with E-state index in [1.54, 1.807) is 17.0 Å². The van der Waals surface area contributed by atoms with E-state index in [2.05, 4.69) is 4.72 Å². The Morgan fingerprint density at radius 3 is 2.04 bits per heavy atom. The summed E-state index contributed by atoms with van der Waals surface area (Å²) in [5.74, 6) is -0.0937. The van der Waals surface area contributed by atoms with Crippen LogP contribution in [0, 0.1) is 0 Å². The SMILES string of the molecule is CCc1ccccc1CNS(=O)(=O)c1ccc(C(=O)N(CC)CC)cc1. The van der Waals surface area contributed by atoms with E-state index in [9.17, 15) is 13.2 Å². The molecule has 2 aromatic carbocycles. The molecule has 0 spiro atoms. The van der Waals surface area contributed by atoms with Gasteiger partial charge < -0.3 is 4.90 Å². The number of nitrogens with one attached hydrogen (secondary N) is 1. The summed E-state index contributed by atoms with van der Waals surface area (Å²) in [7, 11) is -3.63. The first kappa shape index (κ1) is 20.1. The smallest absolute Gasteiger partial charge is 0.253 e. The van der Waals surface area contributed by atoms with Gasteiger partial charge in [0.2, 0.25) is 10.0 Å². The molecule has 0 bridgehead atoms. The van der Waals surface area contributed by atoms with E-state index in [1.165, 1.54) is 12.1 Å². The van der Waals surface area contributed by atoms with E-state index in [0.717, 1.165) is 17.5 Å². The van der Waals surface area contributed by atoms with Crippen LogP contribution in [-0.2, 0) is 23.0 Å². The minimum absolute atomic E-state index is 0.0937. The van der Waals surface area contributed by atoms with Crippen LogP contribution in [0.2, 0.25) is 0 Å². The number of rotatable bonds is 8. The van der Waals surface area contributed by atoms with E-state index in [1.807, 2.05) is 45.0 Å². The Bertz CT molecular complexity index is 842. The van der Waals surface area contributed by atoms with Gasteiger partial charge in [0, 0.05) is 25.2 Å². The Balaban J connectivity index is 2.13. The summed E-state index contributed by atoms with van der Waals surface area (Å²) in [6.45, 7) is 7.35. The van der Waals surface area contributed by atoms with Crippen molar-refractivity contribution < 1.29 is 13.2 Å². The van der Waals surface area contributed by atoms with Crippen LogP contribution in [0.4, 0.5) is 0 Å². The molecular formula is C20H26N2O3S. The molecule has 5 nitrogen and oxygen atoms in total. The predicted octanol–water partition coefficient (Wildman–Crippen LogP) is 3.21. The highest BCUT2D eigenvalue weighted by Crippen LogP contribution is 2.14. The lowest BCUT2D eigenvalue weighted by molar-refractivity contribution is 0.0773. The molecule has 0 heterocycles. The van der Waals surface area contributed by atoms with Crippen LogP contribution in [-0.4, -0.2) is 32.3 Å². The van der Waals surface area contributed by atoms with Crippen LogP contribution >= 0.6 is 0 Å². The van der Waals surface area contributed by atoms with Crippen molar-refractivity contribution in [2.24, 2.45) is 0 Å². The van der Waals surface area contributed by atoms with Crippen molar-refractivity contribution in [2.45, 2.75) is 38.6 Å². The molecule has 26 heavy (non-hydrogen) atoms. The fourth-order valence-corrected chi connectivity index (χ4v) is 3.81. The monoisotopic (exact) mass is 374 g/mol. The van der Waals surface area contributed by atoms with E-state index in [0.29, 0.717) is 18.7 Å². The zero-order valence-electron chi connectivity index (χ0n) is 15.5. The molecule has 0 unspecified atom stereocenters. The van der Waals surface area contributed by atoms with Gasteiger partial charge in [-0.25, -0.2) is 13.1 Å². The minimum atomic E-state index is -3.63. The third kappa shape index (κ3) is 4.71. The summed E-state index contributed by atoms with van der Waals surface area (Å²) in [6.07, 6.45) is 0.847. The average molecular weight is 375 g/mol. The van der Waals surface area contributed by atoms with Crippen LogP contribution < -0.4 is 4.72 Å². The molecule has 0 saturated carbocycles. The van der Waals surface area contributed by atoms with Crippen molar-refractivity contribution in [2.75, 3.05) is 13.1 Å². The Hall–Kier alpha value is -2.18. The van der Waals surface area contributed by atoms with E-state index in [4.69, 9.17) is 0 Å². The second-order valence-corrected chi connectivity index (χ2v) is 7.72. The molecule has 0 atom stereocenters. The first-order valence-electron chi connectivity index (χ1n) is 8.88. The maximum atomic E-state index is 12.5. The van der Waals surface area contributed by atoms with Gasteiger partial charge in [-0.3, -0.25) is 4.79 Å². The summed E-state index contributed by atoms with van der Waals surface area (Å²) in [4.78, 5) is 14.2. The lowest BCUT2D eigenvalue weighted by Crippen LogP contribution is -2.30. The number of benzene rings is 2. The van der Waals surface area contributed by atoms with Crippen LogP contribution in [0.25, 0.3) is 0 Å². The number of carbonyl (C=O) groups excluding carboxylic acids is 1. The lowest BCUT2D eigenvalue weighted by Gasteiger charge is -2.18. The molecule has 0 radical (unpaired) electrons. The fourth-order valence-electron chi connectivity index (χ4n) is 2.80. The average Bonchev–Trinajstić information content (AvgIpc) is 2.67. The van der Waals surface area contributed by atoms with Crippen molar-refractivity contribution in [1.82, 2.24) is 9.62 Å². The summed E-state index contributed by atoms with van der Waals surface area (Å²) in [5.41, 5.74) is 2.58. The first-order chi connectivity index (χ1) is 12.4.